The molecule has 0 aromatic carbocycles. The molecule has 0 unspecified atom stereocenters. The Labute approximate surface area is 91.7 Å². The maximum atomic E-state index is 4.22. The van der Waals surface area contributed by atoms with Gasteiger partial charge in [-0.1, -0.05) is 25.5 Å². The number of hydrogen-bond donors (Lipinski definition) is 1. The Balaban J connectivity index is 2.62. The van der Waals surface area contributed by atoms with Crippen molar-refractivity contribution in [3.63, 3.8) is 0 Å². The Morgan fingerprint density at radius 1 is 1.40 bits per heavy atom. The molecule has 3 heteroatoms. The van der Waals surface area contributed by atoms with Gasteiger partial charge in [-0.25, -0.2) is 9.97 Å². The summed E-state index contributed by atoms with van der Waals surface area (Å²) in [7, 11) is 0. The van der Waals surface area contributed by atoms with Gasteiger partial charge in [0.05, 0.1) is 0 Å². The van der Waals surface area contributed by atoms with E-state index in [9.17, 15) is 0 Å². The highest BCUT2D eigenvalue weighted by Gasteiger charge is 2.01. The van der Waals surface area contributed by atoms with Crippen LogP contribution in [0.1, 0.15) is 39.3 Å². The first-order valence-corrected chi connectivity index (χ1v) is 5.28. The monoisotopic (exact) mass is 205 g/mol. The predicted octanol–water partition coefficient (Wildman–Crippen LogP) is 2.98. The number of rotatable bonds is 4. The van der Waals surface area contributed by atoms with Crippen LogP contribution in [0.2, 0.25) is 0 Å². The topological polar surface area (TPSA) is 37.8 Å². The lowest BCUT2D eigenvalue weighted by Gasteiger charge is -2.07. The van der Waals surface area contributed by atoms with Gasteiger partial charge < -0.3 is 5.32 Å². The first-order chi connectivity index (χ1) is 7.09. The highest BCUT2D eigenvalue weighted by Crippen LogP contribution is 2.13. The SMILES string of the molecule is CC(C)=CCNc1cc(C(C)C)ncn1. The van der Waals surface area contributed by atoms with Crippen molar-refractivity contribution in [3.8, 4) is 0 Å². The van der Waals surface area contributed by atoms with E-state index in [1.807, 2.05) is 6.07 Å². The molecule has 1 N–H and O–H groups in total. The lowest BCUT2D eigenvalue weighted by molar-refractivity contribution is 0.814. The van der Waals surface area contributed by atoms with Crippen molar-refractivity contribution in [2.75, 3.05) is 11.9 Å². The van der Waals surface area contributed by atoms with Gasteiger partial charge in [-0.15, -0.1) is 0 Å². The van der Waals surface area contributed by atoms with E-state index in [1.165, 1.54) is 5.57 Å². The van der Waals surface area contributed by atoms with Gasteiger partial charge in [0.2, 0.25) is 0 Å². The summed E-state index contributed by atoms with van der Waals surface area (Å²) in [4.78, 5) is 8.38. The van der Waals surface area contributed by atoms with Gasteiger partial charge in [0, 0.05) is 18.3 Å². The standard InChI is InChI=1S/C12H19N3/c1-9(2)5-6-13-12-7-11(10(3)4)14-8-15-12/h5,7-8,10H,6H2,1-4H3,(H,13,14,15). The molecule has 0 fully saturated rings. The summed E-state index contributed by atoms with van der Waals surface area (Å²) in [6, 6.07) is 2.00. The molecule has 82 valence electrons. The minimum atomic E-state index is 0.442. The van der Waals surface area contributed by atoms with E-state index in [-0.39, 0.29) is 0 Å². The highest BCUT2D eigenvalue weighted by molar-refractivity contribution is 5.36. The predicted molar refractivity (Wildman–Crippen MR) is 64.0 cm³/mol. The third-order valence-corrected chi connectivity index (χ3v) is 2.07. The van der Waals surface area contributed by atoms with Crippen LogP contribution in [0, 0.1) is 0 Å². The Morgan fingerprint density at radius 2 is 2.13 bits per heavy atom. The fourth-order valence-electron chi connectivity index (χ4n) is 1.14. The second-order valence-corrected chi connectivity index (χ2v) is 4.15. The summed E-state index contributed by atoms with van der Waals surface area (Å²) in [6.07, 6.45) is 3.75. The number of aromatic nitrogens is 2. The van der Waals surface area contributed by atoms with Crippen molar-refractivity contribution < 1.29 is 0 Å². The van der Waals surface area contributed by atoms with E-state index in [0.717, 1.165) is 18.1 Å². The first-order valence-electron chi connectivity index (χ1n) is 5.28. The molecular weight excluding hydrogens is 186 g/mol. The molecule has 0 saturated heterocycles. The van der Waals surface area contributed by atoms with Crippen LogP contribution in [0.5, 0.6) is 0 Å². The van der Waals surface area contributed by atoms with E-state index in [4.69, 9.17) is 0 Å². The zero-order valence-corrected chi connectivity index (χ0v) is 9.91. The lowest BCUT2D eigenvalue weighted by Crippen LogP contribution is -2.03. The van der Waals surface area contributed by atoms with Gasteiger partial charge in [0.25, 0.3) is 0 Å². The number of hydrogen-bond acceptors (Lipinski definition) is 3. The summed E-state index contributed by atoms with van der Waals surface area (Å²) in [5.41, 5.74) is 2.38. The average Bonchev–Trinajstić information content (AvgIpc) is 2.17. The lowest BCUT2D eigenvalue weighted by atomic mass is 10.1. The molecule has 15 heavy (non-hydrogen) atoms. The van der Waals surface area contributed by atoms with Crippen LogP contribution in [0.3, 0.4) is 0 Å². The minimum Gasteiger partial charge on any atom is -0.366 e. The van der Waals surface area contributed by atoms with Gasteiger partial charge in [-0.05, 0) is 19.8 Å². The number of nitrogens with one attached hydrogen (secondary N) is 1. The van der Waals surface area contributed by atoms with E-state index in [2.05, 4.69) is 49.1 Å². The summed E-state index contributed by atoms with van der Waals surface area (Å²) in [6.45, 7) is 9.24. The molecule has 0 aliphatic heterocycles. The first kappa shape index (κ1) is 11.7. The van der Waals surface area contributed by atoms with Gasteiger partial charge in [0.1, 0.15) is 12.1 Å². The van der Waals surface area contributed by atoms with Crippen molar-refractivity contribution in [1.82, 2.24) is 9.97 Å². The molecule has 1 heterocycles. The van der Waals surface area contributed by atoms with E-state index in [1.54, 1.807) is 6.33 Å². The van der Waals surface area contributed by atoms with Gasteiger partial charge >= 0.3 is 0 Å². The fraction of sp³-hybridized carbons (Fsp3) is 0.500. The van der Waals surface area contributed by atoms with E-state index >= 15 is 0 Å². The van der Waals surface area contributed by atoms with Crippen molar-refractivity contribution in [3.05, 3.63) is 29.7 Å². The summed E-state index contributed by atoms with van der Waals surface area (Å²) in [5, 5.41) is 3.24. The Kier molecular flexibility index (Phi) is 4.28. The molecule has 0 radical (unpaired) electrons. The third-order valence-electron chi connectivity index (χ3n) is 2.07. The van der Waals surface area contributed by atoms with Crippen LogP contribution in [-0.4, -0.2) is 16.5 Å². The summed E-state index contributed by atoms with van der Waals surface area (Å²) >= 11 is 0. The zero-order valence-electron chi connectivity index (χ0n) is 9.91. The molecule has 0 saturated carbocycles. The molecule has 0 aliphatic rings. The van der Waals surface area contributed by atoms with Crippen molar-refractivity contribution >= 4 is 5.82 Å². The van der Waals surface area contributed by atoms with Gasteiger partial charge in [-0.2, -0.15) is 0 Å². The quantitative estimate of drug-likeness (QED) is 0.768. The maximum absolute atomic E-state index is 4.22. The maximum Gasteiger partial charge on any atom is 0.129 e. The average molecular weight is 205 g/mol. The highest BCUT2D eigenvalue weighted by atomic mass is 15.0. The van der Waals surface area contributed by atoms with Gasteiger partial charge in [0.15, 0.2) is 0 Å². The summed E-state index contributed by atoms with van der Waals surface area (Å²) < 4.78 is 0. The molecule has 0 aliphatic carbocycles. The van der Waals surface area contributed by atoms with Crippen LogP contribution < -0.4 is 5.32 Å². The van der Waals surface area contributed by atoms with Crippen LogP contribution in [-0.2, 0) is 0 Å². The minimum absolute atomic E-state index is 0.442. The number of nitrogens with zero attached hydrogens (tertiary/aromatic N) is 2. The van der Waals surface area contributed by atoms with Crippen molar-refractivity contribution in [2.45, 2.75) is 33.6 Å². The Hall–Kier alpha value is -1.38. The van der Waals surface area contributed by atoms with Crippen LogP contribution >= 0.6 is 0 Å². The second kappa shape index (κ2) is 5.49. The molecule has 0 bridgehead atoms. The molecule has 0 spiro atoms. The molecule has 1 aromatic rings. The zero-order chi connectivity index (χ0) is 11.3. The van der Waals surface area contributed by atoms with E-state index < -0.39 is 0 Å². The van der Waals surface area contributed by atoms with Crippen LogP contribution in [0.4, 0.5) is 5.82 Å². The smallest absolute Gasteiger partial charge is 0.129 e. The molecule has 1 aromatic heterocycles. The van der Waals surface area contributed by atoms with Crippen LogP contribution in [0.15, 0.2) is 24.0 Å². The fourth-order valence-corrected chi connectivity index (χ4v) is 1.14. The molecule has 1 rings (SSSR count). The summed E-state index contributed by atoms with van der Waals surface area (Å²) in [5.74, 6) is 1.34. The van der Waals surface area contributed by atoms with Crippen LogP contribution in [0.25, 0.3) is 0 Å². The Bertz CT molecular complexity index is 338. The van der Waals surface area contributed by atoms with Crippen molar-refractivity contribution in [1.29, 1.82) is 0 Å². The van der Waals surface area contributed by atoms with E-state index in [0.29, 0.717) is 5.92 Å². The Morgan fingerprint density at radius 3 is 2.73 bits per heavy atom. The third kappa shape index (κ3) is 4.11. The second-order valence-electron chi connectivity index (χ2n) is 4.15. The molecule has 0 atom stereocenters. The molecule has 0 amide bonds. The van der Waals surface area contributed by atoms with Gasteiger partial charge in [-0.3, -0.25) is 0 Å². The van der Waals surface area contributed by atoms with Crippen molar-refractivity contribution in [2.24, 2.45) is 0 Å². The number of allylic oxidation sites excluding steroid dienone is 1. The normalized spacial score (nSPS) is 10.2. The molecular formula is C12H19N3. The number of anilines is 1. The molecule has 3 nitrogen and oxygen atoms in total. The largest absolute Gasteiger partial charge is 0.366 e.